The van der Waals surface area contributed by atoms with Crippen LogP contribution in [-0.4, -0.2) is 37.0 Å². The zero-order chi connectivity index (χ0) is 15.6. The number of aliphatic hydroxyl groups is 1. The largest absolute Gasteiger partial charge is 0.396 e. The number of rotatable bonds is 6. The average Bonchev–Trinajstić information content (AvgIpc) is 2.36. The zero-order valence-electron chi connectivity index (χ0n) is 11.4. The lowest BCUT2D eigenvalue weighted by molar-refractivity contribution is 0.198. The number of nitrogens with two attached hydrogens (primary N) is 1. The average molecular weight is 337 g/mol. The van der Waals surface area contributed by atoms with Gasteiger partial charge in [-0.25, -0.2) is 12.8 Å². The molecule has 0 aliphatic heterocycles. The second kappa shape index (κ2) is 6.48. The summed E-state index contributed by atoms with van der Waals surface area (Å²) in [6.07, 6.45) is 2.72. The van der Waals surface area contributed by atoms with E-state index in [4.69, 9.17) is 22.4 Å². The quantitative estimate of drug-likeness (QED) is 0.778. The maximum Gasteiger partial charge on any atom is 0.246 e. The van der Waals surface area contributed by atoms with E-state index in [0.717, 1.165) is 25.3 Å². The first-order valence-electron chi connectivity index (χ1n) is 6.75. The highest BCUT2D eigenvalue weighted by Gasteiger charge is 2.36. The molecule has 0 aromatic heterocycles. The molecule has 0 radical (unpaired) electrons. The van der Waals surface area contributed by atoms with Crippen molar-refractivity contribution >= 4 is 27.3 Å². The van der Waals surface area contributed by atoms with Crippen LogP contribution in [0.1, 0.15) is 25.7 Å². The Kier molecular flexibility index (Phi) is 5.08. The third-order valence-corrected chi connectivity index (χ3v) is 5.81. The molecule has 0 heterocycles. The van der Waals surface area contributed by atoms with Crippen molar-refractivity contribution in [3.05, 3.63) is 23.0 Å². The molecule has 0 bridgehead atoms. The van der Waals surface area contributed by atoms with Gasteiger partial charge in [-0.3, -0.25) is 0 Å². The third-order valence-electron chi connectivity index (χ3n) is 3.64. The monoisotopic (exact) mass is 336 g/mol. The molecule has 21 heavy (non-hydrogen) atoms. The van der Waals surface area contributed by atoms with Gasteiger partial charge in [0.15, 0.2) is 5.82 Å². The van der Waals surface area contributed by atoms with Crippen LogP contribution in [0.25, 0.3) is 0 Å². The SMILES string of the molecule is Nc1cc(Cl)cc(S(=O)(=O)N(CCCO)C2CCC2)c1F. The minimum atomic E-state index is -4.03. The molecule has 0 atom stereocenters. The summed E-state index contributed by atoms with van der Waals surface area (Å²) in [7, 11) is -4.03. The number of hydrogen-bond acceptors (Lipinski definition) is 4. The lowest BCUT2D eigenvalue weighted by atomic mass is 9.93. The van der Waals surface area contributed by atoms with Gasteiger partial charge in [-0.1, -0.05) is 18.0 Å². The molecule has 8 heteroatoms. The van der Waals surface area contributed by atoms with E-state index >= 15 is 0 Å². The van der Waals surface area contributed by atoms with Gasteiger partial charge in [0.1, 0.15) is 4.90 Å². The highest BCUT2D eigenvalue weighted by Crippen LogP contribution is 2.33. The van der Waals surface area contributed by atoms with E-state index in [1.165, 1.54) is 10.4 Å². The van der Waals surface area contributed by atoms with Crippen molar-refractivity contribution in [3.63, 3.8) is 0 Å². The number of anilines is 1. The molecular formula is C13H18ClFN2O3S. The number of sulfonamides is 1. The van der Waals surface area contributed by atoms with Crippen LogP contribution in [0, 0.1) is 5.82 Å². The van der Waals surface area contributed by atoms with E-state index in [9.17, 15) is 12.8 Å². The molecule has 0 unspecified atom stereocenters. The first kappa shape index (κ1) is 16.5. The molecule has 1 aliphatic rings. The molecule has 1 aromatic rings. The molecule has 1 fully saturated rings. The van der Waals surface area contributed by atoms with Gasteiger partial charge >= 0.3 is 0 Å². The number of nitrogen functional groups attached to an aromatic ring is 1. The summed E-state index contributed by atoms with van der Waals surface area (Å²) in [5.41, 5.74) is 5.16. The Bertz CT molecular complexity index is 620. The van der Waals surface area contributed by atoms with Gasteiger partial charge in [0.2, 0.25) is 10.0 Å². The lowest BCUT2D eigenvalue weighted by Crippen LogP contribution is -2.45. The smallest absolute Gasteiger partial charge is 0.246 e. The van der Waals surface area contributed by atoms with E-state index in [2.05, 4.69) is 0 Å². The lowest BCUT2D eigenvalue weighted by Gasteiger charge is -2.36. The molecule has 0 saturated heterocycles. The summed E-state index contributed by atoms with van der Waals surface area (Å²) < 4.78 is 40.7. The summed E-state index contributed by atoms with van der Waals surface area (Å²) in [5, 5.41) is 9.00. The summed E-state index contributed by atoms with van der Waals surface area (Å²) in [6, 6.07) is 2.10. The van der Waals surface area contributed by atoms with Gasteiger partial charge in [0.05, 0.1) is 5.69 Å². The predicted octanol–water partition coefficient (Wildman–Crippen LogP) is 1.99. The van der Waals surface area contributed by atoms with Crippen molar-refractivity contribution in [1.29, 1.82) is 0 Å². The summed E-state index contributed by atoms with van der Waals surface area (Å²) >= 11 is 5.79. The molecule has 118 valence electrons. The Morgan fingerprint density at radius 3 is 2.62 bits per heavy atom. The second-order valence-corrected chi connectivity index (χ2v) is 7.38. The maximum atomic E-state index is 14.1. The van der Waals surface area contributed by atoms with E-state index < -0.39 is 20.7 Å². The van der Waals surface area contributed by atoms with Crippen LogP contribution in [0.5, 0.6) is 0 Å². The van der Waals surface area contributed by atoms with Crippen LogP contribution in [0.4, 0.5) is 10.1 Å². The van der Waals surface area contributed by atoms with Crippen molar-refractivity contribution in [2.24, 2.45) is 0 Å². The summed E-state index contributed by atoms with van der Waals surface area (Å²) in [4.78, 5) is -0.502. The highest BCUT2D eigenvalue weighted by molar-refractivity contribution is 7.89. The van der Waals surface area contributed by atoms with E-state index in [1.54, 1.807) is 0 Å². The Balaban J connectivity index is 2.42. The predicted molar refractivity (Wildman–Crippen MR) is 79.1 cm³/mol. The number of hydrogen-bond donors (Lipinski definition) is 2. The Labute approximate surface area is 128 Å². The normalized spacial score (nSPS) is 16.2. The number of benzene rings is 1. The van der Waals surface area contributed by atoms with E-state index in [1.807, 2.05) is 0 Å². The molecule has 1 aromatic carbocycles. The van der Waals surface area contributed by atoms with Gasteiger partial charge in [-0.15, -0.1) is 0 Å². The standard InChI is InChI=1S/C13H18ClFN2O3S/c14-9-7-11(16)13(15)12(8-9)21(19,20)17(5-2-6-18)10-3-1-4-10/h7-8,10,18H,1-6,16H2. The molecular weight excluding hydrogens is 319 g/mol. The Morgan fingerprint density at radius 2 is 2.10 bits per heavy atom. The van der Waals surface area contributed by atoms with E-state index in [-0.39, 0.29) is 29.9 Å². The van der Waals surface area contributed by atoms with Crippen LogP contribution >= 0.6 is 11.6 Å². The van der Waals surface area contributed by atoms with Gasteiger partial charge in [0.25, 0.3) is 0 Å². The minimum absolute atomic E-state index is 0.0724. The van der Waals surface area contributed by atoms with Crippen LogP contribution in [0.2, 0.25) is 5.02 Å². The van der Waals surface area contributed by atoms with E-state index in [0.29, 0.717) is 6.42 Å². The molecule has 2 rings (SSSR count). The zero-order valence-corrected chi connectivity index (χ0v) is 13.0. The third kappa shape index (κ3) is 3.31. The molecule has 1 saturated carbocycles. The maximum absolute atomic E-state index is 14.1. The fraction of sp³-hybridized carbons (Fsp3) is 0.538. The molecule has 3 N–H and O–H groups in total. The van der Waals surface area contributed by atoms with Crippen LogP contribution < -0.4 is 5.73 Å². The number of aliphatic hydroxyl groups excluding tert-OH is 1. The second-order valence-electron chi connectivity index (χ2n) is 5.08. The van der Waals surface area contributed by atoms with Crippen molar-refractivity contribution in [2.75, 3.05) is 18.9 Å². The van der Waals surface area contributed by atoms with Crippen LogP contribution in [-0.2, 0) is 10.0 Å². The van der Waals surface area contributed by atoms with Crippen molar-refractivity contribution in [3.8, 4) is 0 Å². The Hall–Kier alpha value is -0.890. The summed E-state index contributed by atoms with van der Waals surface area (Å²) in [5.74, 6) is -0.979. The van der Waals surface area contributed by atoms with Gasteiger partial charge in [-0.2, -0.15) is 4.31 Å². The number of halogens is 2. The van der Waals surface area contributed by atoms with Crippen molar-refractivity contribution < 1.29 is 17.9 Å². The Morgan fingerprint density at radius 1 is 1.43 bits per heavy atom. The highest BCUT2D eigenvalue weighted by atomic mass is 35.5. The van der Waals surface area contributed by atoms with Crippen molar-refractivity contribution in [2.45, 2.75) is 36.6 Å². The van der Waals surface area contributed by atoms with Gasteiger partial charge in [0, 0.05) is 24.2 Å². The minimum Gasteiger partial charge on any atom is -0.396 e. The first-order valence-corrected chi connectivity index (χ1v) is 8.57. The topological polar surface area (TPSA) is 83.6 Å². The molecule has 5 nitrogen and oxygen atoms in total. The van der Waals surface area contributed by atoms with Gasteiger partial charge < -0.3 is 10.8 Å². The molecule has 1 aliphatic carbocycles. The fourth-order valence-corrected chi connectivity index (χ4v) is 4.44. The number of nitrogens with zero attached hydrogens (tertiary/aromatic N) is 1. The summed E-state index contributed by atoms with van der Waals surface area (Å²) in [6.45, 7) is 0.0221. The molecule has 0 amide bonds. The van der Waals surface area contributed by atoms with Crippen molar-refractivity contribution in [1.82, 2.24) is 4.31 Å². The van der Waals surface area contributed by atoms with Crippen LogP contribution in [0.15, 0.2) is 17.0 Å². The fourth-order valence-electron chi connectivity index (χ4n) is 2.30. The molecule has 0 spiro atoms. The van der Waals surface area contributed by atoms with Crippen LogP contribution in [0.3, 0.4) is 0 Å². The van der Waals surface area contributed by atoms with Gasteiger partial charge in [-0.05, 0) is 31.4 Å². The first-order chi connectivity index (χ1) is 9.87.